The van der Waals surface area contributed by atoms with Gasteiger partial charge in [0.15, 0.2) is 0 Å². The molecule has 0 aliphatic rings. The smallest absolute Gasteiger partial charge is 0.323 e. The quantitative estimate of drug-likeness (QED) is 0.0950. The third-order valence-corrected chi connectivity index (χ3v) is 6.96. The van der Waals surface area contributed by atoms with Crippen LogP contribution in [-0.4, -0.2) is 69.3 Å². The monoisotopic (exact) mass is 632 g/mol. The average Bonchev–Trinajstić information content (AvgIpc) is 3.07. The summed E-state index contributed by atoms with van der Waals surface area (Å²) in [7, 11) is 0. The second-order valence-electron chi connectivity index (χ2n) is 10.9. The maximum absolute atomic E-state index is 5.73. The van der Waals surface area contributed by atoms with E-state index in [9.17, 15) is 0 Å². The highest BCUT2D eigenvalue weighted by Gasteiger charge is 2.16. The summed E-state index contributed by atoms with van der Waals surface area (Å²) in [5.74, 6) is 2.02. The summed E-state index contributed by atoms with van der Waals surface area (Å²) in [5, 5.41) is 6.63. The van der Waals surface area contributed by atoms with Crippen molar-refractivity contribution >= 4 is 35.2 Å². The van der Waals surface area contributed by atoms with E-state index in [0.29, 0.717) is 37.0 Å². The Morgan fingerprint density at radius 3 is 1.22 bits per heavy atom. The molecule has 0 amide bonds. The van der Waals surface area contributed by atoms with Gasteiger partial charge in [-0.25, -0.2) is 0 Å². The van der Waals surface area contributed by atoms with Gasteiger partial charge in [0.05, 0.1) is 0 Å². The Labute approximate surface area is 274 Å². The molecule has 12 nitrogen and oxygen atoms in total. The number of aromatic nitrogens is 6. The van der Waals surface area contributed by atoms with E-state index in [0.717, 1.165) is 88.9 Å². The highest BCUT2D eigenvalue weighted by atomic mass is 16.5. The first-order chi connectivity index (χ1) is 22.5. The molecule has 3 rings (SSSR count). The maximum atomic E-state index is 5.73. The Kier molecular flexibility index (Phi) is 16.1. The second kappa shape index (κ2) is 20.5. The SMILES string of the molecule is C=CCOc1nc(Nc2ccc(Nc3nc(OCC=C)nc(N(CCCC)CCCC)n3)cc2)nc(N(CCCC)CCCC)n1. The third kappa shape index (κ3) is 12.1. The summed E-state index contributed by atoms with van der Waals surface area (Å²) in [6.07, 6.45) is 11.9. The average molecular weight is 633 g/mol. The zero-order valence-corrected chi connectivity index (χ0v) is 28.2. The number of nitrogens with zero attached hydrogens (tertiary/aromatic N) is 8. The fraction of sp³-hybridized carbons (Fsp3) is 0.529. The molecule has 2 aromatic heterocycles. The number of anilines is 6. The molecule has 3 aromatic rings. The lowest BCUT2D eigenvalue weighted by Crippen LogP contribution is -2.28. The van der Waals surface area contributed by atoms with Gasteiger partial charge in [0.2, 0.25) is 23.8 Å². The van der Waals surface area contributed by atoms with E-state index in [-0.39, 0.29) is 12.0 Å². The van der Waals surface area contributed by atoms with E-state index in [1.54, 1.807) is 12.2 Å². The van der Waals surface area contributed by atoms with Gasteiger partial charge in [-0.3, -0.25) is 0 Å². The molecule has 0 fully saturated rings. The first-order valence-electron chi connectivity index (χ1n) is 16.7. The Morgan fingerprint density at radius 1 is 0.565 bits per heavy atom. The normalized spacial score (nSPS) is 10.7. The zero-order valence-electron chi connectivity index (χ0n) is 28.2. The standard InChI is InChI=1S/C34H52N10O2/c1-7-13-21-43(22-14-8-2)31-37-29(39-33(41-31)45-25-11-5)35-27-17-19-28(20-18-27)36-30-38-32(42-34(40-30)46-26-12-6)44(23-15-9-3)24-16-10-4/h11-12,17-20H,5-10,13-16,21-26H2,1-4H3,(H,35,37,39,41)(H,36,38,40,42). The summed E-state index contributed by atoms with van der Waals surface area (Å²) >= 11 is 0. The Balaban J connectivity index is 1.83. The van der Waals surface area contributed by atoms with Gasteiger partial charge < -0.3 is 29.9 Å². The third-order valence-electron chi connectivity index (χ3n) is 6.96. The molecule has 2 heterocycles. The molecular formula is C34H52N10O2. The topological polar surface area (TPSA) is 126 Å². The fourth-order valence-electron chi connectivity index (χ4n) is 4.40. The predicted molar refractivity (Wildman–Crippen MR) is 188 cm³/mol. The molecule has 0 unspecified atom stereocenters. The molecule has 0 saturated heterocycles. The van der Waals surface area contributed by atoms with Gasteiger partial charge in [0, 0.05) is 37.6 Å². The van der Waals surface area contributed by atoms with E-state index in [4.69, 9.17) is 19.4 Å². The van der Waals surface area contributed by atoms with Crippen LogP contribution in [0, 0.1) is 0 Å². The summed E-state index contributed by atoms with van der Waals surface area (Å²) in [6, 6.07) is 8.27. The molecule has 12 heteroatoms. The molecule has 0 spiro atoms. The summed E-state index contributed by atoms with van der Waals surface area (Å²) in [6.45, 7) is 20.3. The minimum absolute atomic E-state index is 0.260. The molecule has 1 aromatic carbocycles. The number of hydrogen-bond acceptors (Lipinski definition) is 12. The Bertz CT molecular complexity index is 1210. The summed E-state index contributed by atoms with van der Waals surface area (Å²) < 4.78 is 11.5. The lowest BCUT2D eigenvalue weighted by Gasteiger charge is -2.23. The number of nitrogens with one attached hydrogen (secondary N) is 2. The van der Waals surface area contributed by atoms with E-state index in [1.165, 1.54) is 0 Å². The molecule has 0 radical (unpaired) electrons. The van der Waals surface area contributed by atoms with Crippen molar-refractivity contribution in [3.63, 3.8) is 0 Å². The molecule has 250 valence electrons. The van der Waals surface area contributed by atoms with Crippen molar-refractivity contribution in [3.05, 3.63) is 49.6 Å². The van der Waals surface area contributed by atoms with E-state index >= 15 is 0 Å². The van der Waals surface area contributed by atoms with Crippen LogP contribution in [0.1, 0.15) is 79.1 Å². The van der Waals surface area contributed by atoms with E-state index in [2.05, 4.69) is 81.2 Å². The van der Waals surface area contributed by atoms with Crippen LogP contribution in [0.5, 0.6) is 12.0 Å². The van der Waals surface area contributed by atoms with Crippen molar-refractivity contribution in [1.29, 1.82) is 0 Å². The molecule has 0 bridgehead atoms. The van der Waals surface area contributed by atoms with Crippen molar-refractivity contribution in [2.45, 2.75) is 79.1 Å². The van der Waals surface area contributed by atoms with E-state index < -0.39 is 0 Å². The fourth-order valence-corrected chi connectivity index (χ4v) is 4.40. The minimum Gasteiger partial charge on any atom is -0.459 e. The first kappa shape index (κ1) is 36.0. The number of unbranched alkanes of at least 4 members (excludes halogenated alkanes) is 4. The number of ether oxygens (including phenoxy) is 2. The van der Waals surface area contributed by atoms with Gasteiger partial charge in [-0.05, 0) is 49.9 Å². The van der Waals surface area contributed by atoms with Gasteiger partial charge in [0.25, 0.3) is 0 Å². The maximum Gasteiger partial charge on any atom is 0.323 e. The van der Waals surface area contributed by atoms with Gasteiger partial charge >= 0.3 is 12.0 Å². The van der Waals surface area contributed by atoms with Crippen molar-refractivity contribution in [3.8, 4) is 12.0 Å². The van der Waals surface area contributed by atoms with E-state index in [1.807, 2.05) is 24.3 Å². The first-order valence-corrected chi connectivity index (χ1v) is 16.7. The lowest BCUT2D eigenvalue weighted by atomic mass is 10.3. The molecule has 0 aliphatic heterocycles. The second-order valence-corrected chi connectivity index (χ2v) is 10.9. The molecule has 0 aliphatic carbocycles. The molecular weight excluding hydrogens is 580 g/mol. The van der Waals surface area contributed by atoms with Gasteiger partial charge in [-0.15, -0.1) is 0 Å². The van der Waals surface area contributed by atoms with Crippen molar-refractivity contribution < 1.29 is 9.47 Å². The van der Waals surface area contributed by atoms with Crippen LogP contribution in [0.15, 0.2) is 49.6 Å². The molecule has 2 N–H and O–H groups in total. The van der Waals surface area contributed by atoms with Crippen molar-refractivity contribution in [2.24, 2.45) is 0 Å². The molecule has 0 saturated carbocycles. The van der Waals surface area contributed by atoms with Crippen LogP contribution in [-0.2, 0) is 0 Å². The lowest BCUT2D eigenvalue weighted by molar-refractivity contribution is 0.332. The highest BCUT2D eigenvalue weighted by Crippen LogP contribution is 2.24. The van der Waals surface area contributed by atoms with Crippen molar-refractivity contribution in [2.75, 3.05) is 59.8 Å². The van der Waals surface area contributed by atoms with Crippen LogP contribution in [0.2, 0.25) is 0 Å². The Morgan fingerprint density at radius 2 is 0.913 bits per heavy atom. The number of benzene rings is 1. The number of rotatable bonds is 24. The largest absolute Gasteiger partial charge is 0.459 e. The highest BCUT2D eigenvalue weighted by molar-refractivity contribution is 5.62. The van der Waals surface area contributed by atoms with Gasteiger partial charge in [0.1, 0.15) is 13.2 Å². The zero-order chi connectivity index (χ0) is 33.0. The van der Waals surface area contributed by atoms with Crippen LogP contribution >= 0.6 is 0 Å². The van der Waals surface area contributed by atoms with Crippen LogP contribution in [0.4, 0.5) is 35.2 Å². The van der Waals surface area contributed by atoms with Crippen LogP contribution in [0.25, 0.3) is 0 Å². The Hall–Kier alpha value is -4.48. The van der Waals surface area contributed by atoms with Gasteiger partial charge in [-0.2, -0.15) is 29.9 Å². The predicted octanol–water partition coefficient (Wildman–Crippen LogP) is 7.49. The van der Waals surface area contributed by atoms with Gasteiger partial charge in [-0.1, -0.05) is 78.7 Å². The minimum atomic E-state index is 0.260. The molecule has 46 heavy (non-hydrogen) atoms. The van der Waals surface area contributed by atoms with Crippen LogP contribution < -0.4 is 29.9 Å². The molecule has 0 atom stereocenters. The summed E-state index contributed by atoms with van der Waals surface area (Å²) in [4.78, 5) is 32.1. The number of hydrogen-bond donors (Lipinski definition) is 2. The van der Waals surface area contributed by atoms with Crippen LogP contribution in [0.3, 0.4) is 0 Å². The van der Waals surface area contributed by atoms with Crippen molar-refractivity contribution in [1.82, 2.24) is 29.9 Å². The summed E-state index contributed by atoms with van der Waals surface area (Å²) in [5.41, 5.74) is 1.62.